The first-order chi connectivity index (χ1) is 2.00. The second kappa shape index (κ2) is 6.62. The summed E-state index contributed by atoms with van der Waals surface area (Å²) in [4.78, 5) is 25.6. The fourth-order valence-corrected chi connectivity index (χ4v) is 0. The summed E-state index contributed by atoms with van der Waals surface area (Å²) in [6.45, 7) is 0. The van der Waals surface area contributed by atoms with E-state index in [9.17, 15) is 0 Å². The average Bonchev–Trinajstić information content (AvgIpc) is 0.722. The number of hydrogen-bond donors (Lipinski definition) is 0. The van der Waals surface area contributed by atoms with Gasteiger partial charge in [-0.25, -0.2) is 0 Å². The molecule has 4 nitrogen and oxygen atoms in total. The van der Waals surface area contributed by atoms with Gasteiger partial charge >= 0.3 is 38.6 Å². The molecule has 0 rings (SSSR count). The summed E-state index contributed by atoms with van der Waals surface area (Å²) in [6.07, 6.45) is 0. The molecule has 0 saturated carbocycles. The molecule has 0 amide bonds. The number of rotatable bonds is 0. The minimum Gasteiger partial charge on any atom is -0.822 e. The first-order valence-corrected chi connectivity index (χ1v) is 2.19. The summed E-state index contributed by atoms with van der Waals surface area (Å²) in [6, 6.07) is 0. The van der Waals surface area contributed by atoms with E-state index in [0.717, 1.165) is 0 Å². The van der Waals surface area contributed by atoms with Crippen LogP contribution in [0.15, 0.2) is 0 Å². The standard InChI is InChI=1S/H3O4P.Tb.Y/c1-5(2,3)4;;/h(H3,1,2,3,4);;/q;+3;/p-3. The Bertz CT molecular complexity index is 57.8. The van der Waals surface area contributed by atoms with Crippen molar-refractivity contribution in [2.24, 2.45) is 0 Å². The molecule has 0 aliphatic heterocycles. The van der Waals surface area contributed by atoms with Crippen LogP contribution in [0.5, 0.6) is 0 Å². The van der Waals surface area contributed by atoms with Crippen molar-refractivity contribution in [3.8, 4) is 0 Å². The maximum absolute atomic E-state index is 8.55. The molecule has 7 heteroatoms. The quantitative estimate of drug-likeness (QED) is 0.444. The van der Waals surface area contributed by atoms with Crippen LogP contribution in [0.25, 0.3) is 0 Å². The van der Waals surface area contributed by atoms with Gasteiger partial charge in [0.25, 0.3) is 0 Å². The Labute approximate surface area is 96.6 Å². The second-order valence-electron chi connectivity index (χ2n) is 0.447. The Morgan fingerprint density at radius 3 is 1.14 bits per heavy atom. The van der Waals surface area contributed by atoms with Crippen LogP contribution in [-0.4, -0.2) is 0 Å². The van der Waals surface area contributed by atoms with Crippen LogP contribution in [0.3, 0.4) is 0 Å². The maximum atomic E-state index is 8.55. The number of phosphoric acid groups is 1. The van der Waals surface area contributed by atoms with Crippen LogP contribution in [0, 0.1) is 38.6 Å². The van der Waals surface area contributed by atoms with Crippen molar-refractivity contribution in [2.45, 2.75) is 0 Å². The van der Waals surface area contributed by atoms with Crippen LogP contribution in [0.4, 0.5) is 0 Å². The zero-order chi connectivity index (χ0) is 4.50. The molecule has 41 valence electrons. The molecule has 0 unspecified atom stereocenters. The molecule has 7 heavy (non-hydrogen) atoms. The summed E-state index contributed by atoms with van der Waals surface area (Å²) in [5.74, 6) is 0. The van der Waals surface area contributed by atoms with Gasteiger partial charge in [0, 0.05) is 32.7 Å². The van der Waals surface area contributed by atoms with Gasteiger partial charge in [-0.1, -0.05) is 0 Å². The predicted molar refractivity (Wildman–Crippen MR) is 7.61 cm³/mol. The summed E-state index contributed by atoms with van der Waals surface area (Å²) >= 11 is 0. The van der Waals surface area contributed by atoms with Crippen molar-refractivity contribution in [3.05, 3.63) is 0 Å². The molecule has 0 bridgehead atoms. The minimum absolute atomic E-state index is 0. The van der Waals surface area contributed by atoms with Gasteiger partial charge < -0.3 is 19.2 Å². The van der Waals surface area contributed by atoms with Crippen molar-refractivity contribution >= 4 is 7.82 Å². The molecule has 1 radical (unpaired) electrons. The topological polar surface area (TPSA) is 86.2 Å². The molecule has 0 aromatic carbocycles. The van der Waals surface area contributed by atoms with Crippen molar-refractivity contribution in [1.29, 1.82) is 0 Å². The van der Waals surface area contributed by atoms with E-state index in [2.05, 4.69) is 0 Å². The molecule has 0 N–H and O–H groups in total. The first-order valence-electron chi connectivity index (χ1n) is 0.730. The Balaban J connectivity index is -0.0000000800. The van der Waals surface area contributed by atoms with E-state index in [0.29, 0.717) is 0 Å². The summed E-state index contributed by atoms with van der Waals surface area (Å²) in [5, 5.41) is 0. The molecular weight excluding hydrogens is 343 g/mol. The van der Waals surface area contributed by atoms with Gasteiger partial charge in [-0.05, 0) is 0 Å². The van der Waals surface area contributed by atoms with E-state index < -0.39 is 7.82 Å². The van der Waals surface area contributed by atoms with Crippen LogP contribution < -0.4 is 14.7 Å². The SMILES string of the molecule is O=P([O-])([O-])[O-].[Tb+3].[Y]. The molecule has 0 atom stereocenters. The Morgan fingerprint density at radius 1 is 1.14 bits per heavy atom. The normalized spacial score (nSPS) is 8.43. The van der Waals surface area contributed by atoms with Gasteiger partial charge in [0.15, 0.2) is 0 Å². The third-order valence-electron chi connectivity index (χ3n) is 0. The monoisotopic (exact) mass is 343 g/mol. The third-order valence-corrected chi connectivity index (χ3v) is 0. The van der Waals surface area contributed by atoms with E-state index in [-0.39, 0.29) is 71.3 Å². The molecule has 0 aliphatic rings. The molecular formula is O4PTbY. The van der Waals surface area contributed by atoms with E-state index in [1.165, 1.54) is 0 Å². The summed E-state index contributed by atoms with van der Waals surface area (Å²) in [7, 11) is -5.39. The molecule has 0 spiro atoms. The summed E-state index contributed by atoms with van der Waals surface area (Å²) in [5.41, 5.74) is 0. The van der Waals surface area contributed by atoms with Gasteiger partial charge in [-0.15, -0.1) is 0 Å². The van der Waals surface area contributed by atoms with Crippen molar-refractivity contribution in [3.63, 3.8) is 0 Å². The fourth-order valence-electron chi connectivity index (χ4n) is 0. The van der Waals surface area contributed by atoms with Crippen LogP contribution in [-0.2, 0) is 37.3 Å². The largest absolute Gasteiger partial charge is 3.00 e. The van der Waals surface area contributed by atoms with E-state index >= 15 is 0 Å². The van der Waals surface area contributed by atoms with Crippen LogP contribution in [0.2, 0.25) is 0 Å². The second-order valence-corrected chi connectivity index (χ2v) is 1.34. The Hall–Kier alpha value is 2.50. The van der Waals surface area contributed by atoms with E-state index in [1.807, 2.05) is 0 Å². The van der Waals surface area contributed by atoms with Gasteiger partial charge in [-0.3, -0.25) is 0 Å². The van der Waals surface area contributed by atoms with Crippen molar-refractivity contribution in [2.75, 3.05) is 0 Å². The molecule has 0 aromatic rings. The van der Waals surface area contributed by atoms with Gasteiger partial charge in [0.1, 0.15) is 0 Å². The molecule has 0 saturated heterocycles. The Morgan fingerprint density at radius 2 is 1.14 bits per heavy atom. The van der Waals surface area contributed by atoms with Crippen molar-refractivity contribution < 1.29 is 90.6 Å². The Kier molecular flexibility index (Phi) is 15.4. The minimum atomic E-state index is -5.39. The predicted octanol–water partition coefficient (Wildman–Crippen LogP) is -2.83. The van der Waals surface area contributed by atoms with Crippen LogP contribution >= 0.6 is 7.82 Å². The zero-order valence-corrected chi connectivity index (χ0v) is 8.86. The third kappa shape index (κ3) is 57.5. The number of hydrogen-bond acceptors (Lipinski definition) is 4. The van der Waals surface area contributed by atoms with Crippen molar-refractivity contribution in [1.82, 2.24) is 0 Å². The molecule has 0 heterocycles. The van der Waals surface area contributed by atoms with E-state index in [4.69, 9.17) is 19.2 Å². The molecule has 0 fully saturated rings. The fraction of sp³-hybridized carbons (Fsp3) is 0. The summed E-state index contributed by atoms with van der Waals surface area (Å²) < 4.78 is 8.55. The smallest absolute Gasteiger partial charge is 0.822 e. The average molecular weight is 343 g/mol. The van der Waals surface area contributed by atoms with Gasteiger partial charge in [-0.2, -0.15) is 7.82 Å². The van der Waals surface area contributed by atoms with E-state index in [1.54, 1.807) is 0 Å². The first kappa shape index (κ1) is 16.2. The van der Waals surface area contributed by atoms with Gasteiger partial charge in [0.2, 0.25) is 0 Å². The maximum Gasteiger partial charge on any atom is 3.00 e. The molecule has 0 aliphatic carbocycles. The van der Waals surface area contributed by atoms with Crippen LogP contribution in [0.1, 0.15) is 0 Å². The van der Waals surface area contributed by atoms with Gasteiger partial charge in [0.05, 0.1) is 0 Å². The molecule has 0 aromatic heterocycles. The zero-order valence-electron chi connectivity index (χ0n) is 2.99.